The number of hydrogen-bond acceptors (Lipinski definition) is 6. The fraction of sp³-hybridized carbons (Fsp3) is 0.333. The molecule has 29 heavy (non-hydrogen) atoms. The van der Waals surface area contributed by atoms with Crippen LogP contribution in [0.3, 0.4) is 0 Å². The number of anilines is 1. The predicted octanol–water partition coefficient (Wildman–Crippen LogP) is 2.62. The molecule has 0 bridgehead atoms. The topological polar surface area (TPSA) is 68.3 Å². The number of carbonyl (C=O) groups excluding carboxylic acids is 2. The van der Waals surface area contributed by atoms with Crippen molar-refractivity contribution in [3.63, 3.8) is 0 Å². The van der Waals surface area contributed by atoms with E-state index in [0.29, 0.717) is 37.0 Å². The van der Waals surface area contributed by atoms with Gasteiger partial charge in [0.1, 0.15) is 11.5 Å². The van der Waals surface area contributed by atoms with Crippen molar-refractivity contribution in [2.45, 2.75) is 0 Å². The van der Waals surface area contributed by atoms with Crippen molar-refractivity contribution in [3.05, 3.63) is 53.6 Å². The Bertz CT molecular complexity index is 835. The van der Waals surface area contributed by atoms with Gasteiger partial charge in [0.05, 0.1) is 7.11 Å². The number of methoxy groups -OCH3 is 1. The molecule has 1 saturated heterocycles. The second-order valence-corrected chi connectivity index (χ2v) is 6.91. The normalized spacial score (nSPS) is 13.7. The zero-order chi connectivity index (χ0) is 20.6. The number of benzene rings is 2. The molecule has 8 heteroatoms. The fourth-order valence-electron chi connectivity index (χ4n) is 2.98. The molecule has 154 valence electrons. The number of ether oxygens (including phenoxy) is 3. The number of esters is 1. The van der Waals surface area contributed by atoms with Crippen molar-refractivity contribution in [3.8, 4) is 11.5 Å². The first-order valence-corrected chi connectivity index (χ1v) is 9.64. The largest absolute Gasteiger partial charge is 0.497 e. The molecular weight excluding hydrogens is 396 g/mol. The van der Waals surface area contributed by atoms with E-state index in [9.17, 15) is 9.59 Å². The summed E-state index contributed by atoms with van der Waals surface area (Å²) >= 11 is 5.86. The predicted molar refractivity (Wildman–Crippen MR) is 110 cm³/mol. The Labute approximate surface area is 174 Å². The molecule has 1 aliphatic rings. The first-order chi connectivity index (χ1) is 14.0. The van der Waals surface area contributed by atoms with Crippen LogP contribution in [-0.4, -0.2) is 63.3 Å². The molecule has 2 aromatic rings. The van der Waals surface area contributed by atoms with Crippen molar-refractivity contribution < 1.29 is 23.8 Å². The number of rotatable bonds is 7. The third-order valence-corrected chi connectivity index (χ3v) is 4.81. The number of hydrogen-bond donors (Lipinski definition) is 0. The van der Waals surface area contributed by atoms with Crippen molar-refractivity contribution in [2.75, 3.05) is 51.4 Å². The lowest BCUT2D eigenvalue weighted by molar-refractivity contribution is -0.153. The van der Waals surface area contributed by atoms with Gasteiger partial charge in [-0.25, -0.2) is 4.79 Å². The summed E-state index contributed by atoms with van der Waals surface area (Å²) in [7, 11) is 1.63. The molecule has 0 atom stereocenters. The Morgan fingerprint density at radius 3 is 2.34 bits per heavy atom. The van der Waals surface area contributed by atoms with Gasteiger partial charge in [0, 0.05) is 36.9 Å². The molecule has 0 aliphatic carbocycles. The maximum atomic E-state index is 12.3. The fourth-order valence-corrected chi connectivity index (χ4v) is 3.16. The highest BCUT2D eigenvalue weighted by Gasteiger charge is 2.22. The van der Waals surface area contributed by atoms with Gasteiger partial charge in [-0.3, -0.25) is 4.79 Å². The number of piperazine rings is 1. The number of amides is 1. The molecule has 0 aromatic heterocycles. The summed E-state index contributed by atoms with van der Waals surface area (Å²) in [6, 6.07) is 14.5. The van der Waals surface area contributed by atoms with Gasteiger partial charge in [-0.1, -0.05) is 17.7 Å². The van der Waals surface area contributed by atoms with Gasteiger partial charge in [0.15, 0.2) is 13.2 Å². The van der Waals surface area contributed by atoms with Crippen molar-refractivity contribution in [2.24, 2.45) is 0 Å². The van der Waals surface area contributed by atoms with Gasteiger partial charge in [0.25, 0.3) is 5.91 Å². The van der Waals surface area contributed by atoms with E-state index in [2.05, 4.69) is 4.90 Å². The number of carbonyl (C=O) groups is 2. The lowest BCUT2D eigenvalue weighted by atomic mass is 10.2. The zero-order valence-electron chi connectivity index (χ0n) is 16.2. The standard InChI is InChI=1S/C21H23ClN2O5/c1-27-18-7-5-17(6-8-18)23-9-11-24(12-10-23)20(25)14-29-21(26)15-28-19-4-2-3-16(22)13-19/h2-8,13H,9-12,14-15H2,1H3. The van der Waals surface area contributed by atoms with Gasteiger partial charge >= 0.3 is 5.97 Å². The first kappa shape index (κ1) is 20.8. The van der Waals surface area contributed by atoms with Crippen molar-refractivity contribution >= 4 is 29.2 Å². The van der Waals surface area contributed by atoms with Gasteiger partial charge in [-0.05, 0) is 42.5 Å². The minimum absolute atomic E-state index is 0.213. The van der Waals surface area contributed by atoms with E-state index in [1.165, 1.54) is 0 Å². The Hall–Kier alpha value is -2.93. The Balaban J connectivity index is 1.38. The maximum Gasteiger partial charge on any atom is 0.344 e. The quantitative estimate of drug-likeness (QED) is 0.644. The van der Waals surface area contributed by atoms with E-state index >= 15 is 0 Å². The minimum atomic E-state index is -0.602. The average molecular weight is 419 g/mol. The highest BCUT2D eigenvalue weighted by molar-refractivity contribution is 6.30. The zero-order valence-corrected chi connectivity index (χ0v) is 16.9. The number of halogens is 1. The Morgan fingerprint density at radius 2 is 1.69 bits per heavy atom. The smallest absolute Gasteiger partial charge is 0.344 e. The van der Waals surface area contributed by atoms with Crippen molar-refractivity contribution in [1.82, 2.24) is 4.90 Å². The lowest BCUT2D eigenvalue weighted by Crippen LogP contribution is -2.50. The summed E-state index contributed by atoms with van der Waals surface area (Å²) in [5, 5.41) is 0.514. The van der Waals surface area contributed by atoms with Gasteiger partial charge < -0.3 is 24.0 Å². The molecule has 0 unspecified atom stereocenters. The summed E-state index contributed by atoms with van der Waals surface area (Å²) in [4.78, 5) is 28.0. The van der Waals surface area contributed by atoms with Crippen LogP contribution in [0.2, 0.25) is 5.02 Å². The van der Waals surface area contributed by atoms with Crippen LogP contribution < -0.4 is 14.4 Å². The molecule has 0 spiro atoms. The summed E-state index contributed by atoms with van der Waals surface area (Å²) in [6.07, 6.45) is 0. The van der Waals surface area contributed by atoms with Crippen LogP contribution in [0.4, 0.5) is 5.69 Å². The summed E-state index contributed by atoms with van der Waals surface area (Å²) in [5.74, 6) is 0.463. The van der Waals surface area contributed by atoms with E-state index in [4.69, 9.17) is 25.8 Å². The second-order valence-electron chi connectivity index (χ2n) is 6.47. The lowest BCUT2D eigenvalue weighted by Gasteiger charge is -2.36. The molecule has 7 nitrogen and oxygen atoms in total. The Kier molecular flexibility index (Phi) is 7.19. The van der Waals surface area contributed by atoms with Crippen LogP contribution in [0.1, 0.15) is 0 Å². The molecule has 2 aromatic carbocycles. The molecule has 0 N–H and O–H groups in total. The third kappa shape index (κ3) is 6.02. The van der Waals surface area contributed by atoms with E-state index in [1.807, 2.05) is 24.3 Å². The third-order valence-electron chi connectivity index (χ3n) is 4.58. The van der Waals surface area contributed by atoms with Crippen LogP contribution in [0.15, 0.2) is 48.5 Å². The molecular formula is C21H23ClN2O5. The number of nitrogens with zero attached hydrogens (tertiary/aromatic N) is 2. The van der Waals surface area contributed by atoms with Crippen LogP contribution in [0.5, 0.6) is 11.5 Å². The summed E-state index contributed by atoms with van der Waals surface area (Å²) in [5.41, 5.74) is 1.09. The van der Waals surface area contributed by atoms with Crippen molar-refractivity contribution in [1.29, 1.82) is 0 Å². The monoisotopic (exact) mass is 418 g/mol. The first-order valence-electron chi connectivity index (χ1n) is 9.26. The maximum absolute atomic E-state index is 12.3. The molecule has 1 fully saturated rings. The molecule has 1 heterocycles. The highest BCUT2D eigenvalue weighted by Crippen LogP contribution is 2.20. The van der Waals surface area contributed by atoms with E-state index in [1.54, 1.807) is 36.3 Å². The van der Waals surface area contributed by atoms with E-state index in [-0.39, 0.29) is 19.1 Å². The van der Waals surface area contributed by atoms with Crippen LogP contribution >= 0.6 is 11.6 Å². The van der Waals surface area contributed by atoms with Crippen LogP contribution in [0, 0.1) is 0 Å². The van der Waals surface area contributed by atoms with Gasteiger partial charge in [-0.2, -0.15) is 0 Å². The van der Waals surface area contributed by atoms with Gasteiger partial charge in [0.2, 0.25) is 0 Å². The molecule has 1 amide bonds. The van der Waals surface area contributed by atoms with E-state index in [0.717, 1.165) is 11.4 Å². The summed E-state index contributed by atoms with van der Waals surface area (Å²) < 4.78 is 15.5. The second kappa shape index (κ2) is 10.0. The average Bonchev–Trinajstić information content (AvgIpc) is 2.76. The van der Waals surface area contributed by atoms with Crippen LogP contribution in [0.25, 0.3) is 0 Å². The molecule has 1 aliphatic heterocycles. The molecule has 0 saturated carbocycles. The summed E-state index contributed by atoms with van der Waals surface area (Å²) in [6.45, 7) is 2.00. The van der Waals surface area contributed by atoms with E-state index < -0.39 is 5.97 Å². The molecule has 3 rings (SSSR count). The van der Waals surface area contributed by atoms with Crippen LogP contribution in [-0.2, 0) is 14.3 Å². The minimum Gasteiger partial charge on any atom is -0.497 e. The highest BCUT2D eigenvalue weighted by atomic mass is 35.5. The SMILES string of the molecule is COc1ccc(N2CCN(C(=O)COC(=O)COc3cccc(Cl)c3)CC2)cc1. The Morgan fingerprint density at radius 1 is 0.966 bits per heavy atom. The van der Waals surface area contributed by atoms with Gasteiger partial charge in [-0.15, -0.1) is 0 Å². The molecule has 0 radical (unpaired) electrons.